The van der Waals surface area contributed by atoms with Crippen molar-refractivity contribution in [1.29, 1.82) is 0 Å². The molecule has 0 aromatic carbocycles. The van der Waals surface area contributed by atoms with Crippen molar-refractivity contribution in [2.75, 3.05) is 40.9 Å². The van der Waals surface area contributed by atoms with Crippen molar-refractivity contribution >= 4 is 19.7 Å². The van der Waals surface area contributed by atoms with Gasteiger partial charge in [-0.2, -0.15) is 0 Å². The molecular weight excluding hydrogens is 1100 g/mol. The number of carbonyl (C=O) groups is 2. The van der Waals surface area contributed by atoms with E-state index in [1.54, 1.807) is 0 Å². The topological polar surface area (TPSA) is 114 Å². The molecule has 0 aromatic heterocycles. The molecule has 0 aliphatic carbocycles. The van der Waals surface area contributed by atoms with E-state index in [0.717, 1.165) is 77.0 Å². The number of carbonyl (C=O) groups excluding carboxylic acids is 2. The average molecular weight is 1240 g/mol. The molecule has 87 heavy (non-hydrogen) atoms. The molecule has 0 aliphatic heterocycles. The third kappa shape index (κ3) is 68.2. The smallest absolute Gasteiger partial charge is 0.306 e. The summed E-state index contributed by atoms with van der Waals surface area (Å²) in [6, 6.07) is -0.890. The Kier molecular flexibility index (Phi) is 65.3. The zero-order chi connectivity index (χ0) is 63.5. The Bertz CT molecular complexity index is 1620. The van der Waals surface area contributed by atoms with Crippen LogP contribution in [0.4, 0.5) is 0 Å². The average Bonchev–Trinajstić information content (AvgIpc) is 3.69. The maximum Gasteiger partial charge on any atom is 0.306 e. The summed E-state index contributed by atoms with van der Waals surface area (Å²) >= 11 is 0. The van der Waals surface area contributed by atoms with Gasteiger partial charge in [-0.25, -0.2) is 0 Å². The number of nitrogens with one attached hydrogen (secondary N) is 1. The number of likely N-dealkylation sites (N-methyl/N-ethyl adjacent to an activating group) is 1. The van der Waals surface area contributed by atoms with Gasteiger partial charge in [-0.3, -0.25) is 14.2 Å². The van der Waals surface area contributed by atoms with E-state index in [1.807, 2.05) is 33.3 Å². The summed E-state index contributed by atoms with van der Waals surface area (Å²) in [6.07, 6.45) is 85.3. The van der Waals surface area contributed by atoms with Crippen LogP contribution < -0.4 is 10.2 Å². The lowest BCUT2D eigenvalue weighted by Gasteiger charge is -2.30. The molecule has 1 N–H and O–H groups in total. The second-order valence-electron chi connectivity index (χ2n) is 27.2. The van der Waals surface area contributed by atoms with Gasteiger partial charge in [-0.05, 0) is 70.3 Å². The normalized spacial score (nSPS) is 13.7. The molecule has 0 aliphatic rings. The minimum atomic E-state index is -4.71. The summed E-state index contributed by atoms with van der Waals surface area (Å²) < 4.78 is 30.5. The van der Waals surface area contributed by atoms with Crippen molar-refractivity contribution < 1.29 is 37.3 Å². The van der Waals surface area contributed by atoms with Crippen LogP contribution in [0.1, 0.15) is 380 Å². The Morgan fingerprint density at radius 3 is 1.07 bits per heavy atom. The predicted molar refractivity (Wildman–Crippen MR) is 376 cm³/mol. The van der Waals surface area contributed by atoms with Gasteiger partial charge in [0, 0.05) is 12.8 Å². The Hall–Kier alpha value is -2.03. The monoisotopic (exact) mass is 1240 g/mol. The van der Waals surface area contributed by atoms with Gasteiger partial charge in [-0.1, -0.05) is 346 Å². The van der Waals surface area contributed by atoms with Crippen LogP contribution in [0.3, 0.4) is 0 Å². The van der Waals surface area contributed by atoms with Crippen LogP contribution in [0, 0.1) is 0 Å². The van der Waals surface area contributed by atoms with Crippen LogP contribution in [0.2, 0.25) is 0 Å². The predicted octanol–water partition coefficient (Wildman–Crippen LogP) is 23.7. The quantitative estimate of drug-likeness (QED) is 0.0212. The number of phosphoric acid groups is 1. The molecule has 0 radical (unpaired) electrons. The third-order valence-corrected chi connectivity index (χ3v) is 18.2. The lowest BCUT2D eigenvalue weighted by atomic mass is 10.0. The summed E-state index contributed by atoms with van der Waals surface area (Å²) in [4.78, 5) is 40.3. The number of hydrogen-bond acceptors (Lipinski definition) is 7. The summed E-state index contributed by atoms with van der Waals surface area (Å²) in [5, 5.41) is 3.05. The molecule has 0 heterocycles. The van der Waals surface area contributed by atoms with Gasteiger partial charge in [-0.15, -0.1) is 0 Å². The van der Waals surface area contributed by atoms with E-state index in [1.165, 1.54) is 270 Å². The van der Waals surface area contributed by atoms with E-state index < -0.39 is 20.0 Å². The fourth-order valence-electron chi connectivity index (χ4n) is 11.4. The number of esters is 1. The van der Waals surface area contributed by atoms with Gasteiger partial charge >= 0.3 is 5.97 Å². The molecule has 0 saturated carbocycles. The summed E-state index contributed by atoms with van der Waals surface area (Å²) in [7, 11) is 1.20. The van der Waals surface area contributed by atoms with Gasteiger partial charge in [0.15, 0.2) is 0 Å². The van der Waals surface area contributed by atoms with Crippen molar-refractivity contribution in [3.8, 4) is 0 Å². The van der Waals surface area contributed by atoms with Crippen molar-refractivity contribution in [3.63, 3.8) is 0 Å². The standard InChI is InChI=1S/C77H147N2O7P/c1-7-10-13-16-19-22-25-28-30-32-34-36-38-39-41-43-45-47-49-52-55-58-61-64-67-70-77(81)86-75(68-65-62-59-56-53-50-27-24-21-18-15-12-9-3)74(73-85-87(82,83)84-72-71-79(4,5)6)78-76(80)69-66-63-60-57-54-51-48-46-44-42-40-37-35-33-31-29-26-23-20-17-14-11-8-2/h20,23,29,31,35,37,65,68,74-75H,7-19,21-22,24-28,30,32-34,36,38-64,66-67,69-73H2,1-6H3,(H-,78,80,82,83)/b23-20-,31-29-,37-35-,68-65+. The molecule has 10 heteroatoms. The highest BCUT2D eigenvalue weighted by atomic mass is 31.2. The SMILES string of the molecule is CCCCC/C=C\C/C=C\C/C=C\CCCCCCCCCCCCC(=O)NC(COP(=O)([O-])OCC[N+](C)(C)C)C(/C=C/CCCCCCCCCCCCC)OC(=O)CCCCCCCCCCCCCCCCCCCCCCCCCCC. The Morgan fingerprint density at radius 1 is 0.402 bits per heavy atom. The number of allylic oxidation sites excluding steroid dienone is 7. The molecule has 0 rings (SSSR count). The van der Waals surface area contributed by atoms with Crippen molar-refractivity contribution in [3.05, 3.63) is 48.6 Å². The summed E-state index contributed by atoms with van der Waals surface area (Å²) in [6.45, 7) is 6.88. The van der Waals surface area contributed by atoms with Crippen molar-refractivity contribution in [2.45, 2.75) is 392 Å². The van der Waals surface area contributed by atoms with Gasteiger partial charge in [0.1, 0.15) is 19.3 Å². The molecule has 0 spiro atoms. The van der Waals surface area contributed by atoms with Crippen LogP contribution in [-0.4, -0.2) is 69.4 Å². The van der Waals surface area contributed by atoms with Crippen LogP contribution in [0.5, 0.6) is 0 Å². The molecule has 0 saturated heterocycles. The largest absolute Gasteiger partial charge is 0.756 e. The number of quaternary nitrogens is 1. The molecule has 512 valence electrons. The highest BCUT2D eigenvalue weighted by Gasteiger charge is 2.27. The fourth-order valence-corrected chi connectivity index (χ4v) is 12.1. The van der Waals surface area contributed by atoms with Crippen LogP contribution in [0.15, 0.2) is 48.6 Å². The van der Waals surface area contributed by atoms with Crippen LogP contribution in [0.25, 0.3) is 0 Å². The first-order chi connectivity index (χ1) is 42.4. The number of unbranched alkanes of at least 4 members (excludes halogenated alkanes) is 48. The number of phosphoric ester groups is 1. The zero-order valence-corrected chi connectivity index (χ0v) is 59.6. The second-order valence-corrected chi connectivity index (χ2v) is 28.6. The number of amides is 1. The zero-order valence-electron chi connectivity index (χ0n) is 58.7. The number of hydrogen-bond donors (Lipinski definition) is 1. The van der Waals surface area contributed by atoms with Crippen molar-refractivity contribution in [2.24, 2.45) is 0 Å². The molecule has 0 bridgehead atoms. The minimum absolute atomic E-state index is 0.0213. The number of nitrogens with zero attached hydrogens (tertiary/aromatic N) is 1. The van der Waals surface area contributed by atoms with E-state index in [4.69, 9.17) is 13.8 Å². The van der Waals surface area contributed by atoms with Crippen LogP contribution in [-0.2, 0) is 27.9 Å². The maximum absolute atomic E-state index is 13.6. The lowest BCUT2D eigenvalue weighted by molar-refractivity contribution is -0.870. The minimum Gasteiger partial charge on any atom is -0.756 e. The molecule has 9 nitrogen and oxygen atoms in total. The van der Waals surface area contributed by atoms with Crippen molar-refractivity contribution in [1.82, 2.24) is 5.32 Å². The van der Waals surface area contributed by atoms with E-state index in [0.29, 0.717) is 17.4 Å². The van der Waals surface area contributed by atoms with E-state index >= 15 is 0 Å². The second kappa shape index (κ2) is 66.9. The first-order valence-corrected chi connectivity index (χ1v) is 39.4. The van der Waals surface area contributed by atoms with Gasteiger partial charge in [0.2, 0.25) is 5.91 Å². The first kappa shape index (κ1) is 85.0. The molecule has 3 atom stereocenters. The fraction of sp³-hybridized carbons (Fsp3) is 0.870. The Labute approximate surface area is 541 Å². The maximum atomic E-state index is 13.6. The van der Waals surface area contributed by atoms with Crippen LogP contribution >= 0.6 is 7.82 Å². The summed E-state index contributed by atoms with van der Waals surface area (Å²) in [5.74, 6) is -0.525. The molecule has 3 unspecified atom stereocenters. The number of ether oxygens (including phenoxy) is 1. The highest BCUT2D eigenvalue weighted by Crippen LogP contribution is 2.38. The summed E-state index contributed by atoms with van der Waals surface area (Å²) in [5.41, 5.74) is 0. The van der Waals surface area contributed by atoms with Gasteiger partial charge in [0.25, 0.3) is 7.82 Å². The van der Waals surface area contributed by atoms with E-state index in [9.17, 15) is 19.0 Å². The molecular formula is C77H147N2O7P. The highest BCUT2D eigenvalue weighted by molar-refractivity contribution is 7.45. The Balaban J connectivity index is 5.01. The third-order valence-electron chi connectivity index (χ3n) is 17.3. The van der Waals surface area contributed by atoms with E-state index in [-0.39, 0.29) is 31.5 Å². The lowest BCUT2D eigenvalue weighted by Crippen LogP contribution is -2.47. The van der Waals surface area contributed by atoms with Gasteiger partial charge in [0.05, 0.1) is 33.8 Å². The first-order valence-electron chi connectivity index (χ1n) is 37.9. The van der Waals surface area contributed by atoms with E-state index in [2.05, 4.69) is 62.5 Å². The molecule has 0 aromatic rings. The Morgan fingerprint density at radius 2 is 0.701 bits per heavy atom. The van der Waals surface area contributed by atoms with Gasteiger partial charge < -0.3 is 28.5 Å². The molecule has 1 amide bonds. The molecule has 0 fully saturated rings. The number of rotatable bonds is 70.